The third-order valence-electron chi connectivity index (χ3n) is 5.93. The summed E-state index contributed by atoms with van der Waals surface area (Å²) in [5.41, 5.74) is 2.61. The van der Waals surface area contributed by atoms with E-state index in [1.807, 2.05) is 17.0 Å². The third-order valence-corrected chi connectivity index (χ3v) is 6.96. The molecule has 8 heteroatoms. The summed E-state index contributed by atoms with van der Waals surface area (Å²) < 4.78 is 5.27. The van der Waals surface area contributed by atoms with Crippen LogP contribution in [0.3, 0.4) is 0 Å². The van der Waals surface area contributed by atoms with E-state index in [4.69, 9.17) is 9.73 Å². The van der Waals surface area contributed by atoms with Gasteiger partial charge < -0.3 is 19.9 Å². The number of ether oxygens (including phenoxy) is 1. The van der Waals surface area contributed by atoms with Crippen molar-refractivity contribution in [2.45, 2.75) is 32.2 Å². The summed E-state index contributed by atoms with van der Waals surface area (Å²) in [5.74, 6) is 2.30. The van der Waals surface area contributed by atoms with E-state index in [-0.39, 0.29) is 36.4 Å². The third kappa shape index (κ3) is 5.71. The van der Waals surface area contributed by atoms with E-state index in [1.165, 1.54) is 16.0 Å². The van der Waals surface area contributed by atoms with Crippen molar-refractivity contribution in [1.29, 1.82) is 0 Å². The molecule has 0 radical (unpaired) electrons. The zero-order valence-corrected chi connectivity index (χ0v) is 21.3. The average Bonchev–Trinajstić information content (AvgIpc) is 3.45. The van der Waals surface area contributed by atoms with Crippen molar-refractivity contribution >= 4 is 47.2 Å². The second kappa shape index (κ2) is 11.2. The summed E-state index contributed by atoms with van der Waals surface area (Å²) in [6, 6.07) is 10.5. The molecule has 31 heavy (non-hydrogen) atoms. The first kappa shape index (κ1) is 23.8. The molecule has 2 aliphatic heterocycles. The predicted molar refractivity (Wildman–Crippen MR) is 137 cm³/mol. The van der Waals surface area contributed by atoms with Gasteiger partial charge in [0.15, 0.2) is 5.96 Å². The van der Waals surface area contributed by atoms with E-state index in [0.29, 0.717) is 12.5 Å². The largest absolute Gasteiger partial charge is 0.497 e. The molecule has 168 valence electrons. The molecule has 0 saturated carbocycles. The lowest BCUT2D eigenvalue weighted by molar-refractivity contribution is -0.130. The maximum atomic E-state index is 12.8. The van der Waals surface area contributed by atoms with E-state index < -0.39 is 0 Å². The van der Waals surface area contributed by atoms with Gasteiger partial charge in [0.25, 0.3) is 0 Å². The van der Waals surface area contributed by atoms with E-state index in [9.17, 15) is 4.79 Å². The van der Waals surface area contributed by atoms with Crippen LogP contribution in [0.25, 0.3) is 0 Å². The van der Waals surface area contributed by atoms with Crippen molar-refractivity contribution in [2.75, 3.05) is 39.8 Å². The first-order chi connectivity index (χ1) is 14.7. The van der Waals surface area contributed by atoms with Crippen molar-refractivity contribution in [3.63, 3.8) is 0 Å². The van der Waals surface area contributed by atoms with Gasteiger partial charge in [-0.1, -0.05) is 12.1 Å². The van der Waals surface area contributed by atoms with E-state index >= 15 is 0 Å². The van der Waals surface area contributed by atoms with Crippen molar-refractivity contribution < 1.29 is 9.53 Å². The Morgan fingerprint density at radius 1 is 1.23 bits per heavy atom. The Bertz CT molecular complexity index is 899. The smallest absolute Gasteiger partial charge is 0.244 e. The maximum Gasteiger partial charge on any atom is 0.244 e. The molecule has 4 rings (SSSR count). The summed E-state index contributed by atoms with van der Waals surface area (Å²) in [4.78, 5) is 23.1. The number of benzene rings is 1. The molecule has 1 atom stereocenters. The van der Waals surface area contributed by atoms with Gasteiger partial charge in [-0.05, 0) is 54.5 Å². The number of hydrogen-bond donors (Lipinski definition) is 1. The van der Waals surface area contributed by atoms with Gasteiger partial charge in [0.1, 0.15) is 12.3 Å². The van der Waals surface area contributed by atoms with Gasteiger partial charge >= 0.3 is 0 Å². The number of hydrogen-bond acceptors (Lipinski definition) is 4. The quantitative estimate of drug-likeness (QED) is 0.348. The number of amides is 1. The molecule has 1 saturated heterocycles. The summed E-state index contributed by atoms with van der Waals surface area (Å²) >= 11 is 1.79. The minimum absolute atomic E-state index is 0. The topological polar surface area (TPSA) is 57.2 Å². The molecule has 1 aromatic heterocycles. The molecule has 2 aliphatic rings. The normalized spacial score (nSPS) is 18.4. The lowest BCUT2D eigenvalue weighted by Gasteiger charge is -2.27. The summed E-state index contributed by atoms with van der Waals surface area (Å²) in [6.45, 7) is 6.42. The van der Waals surface area contributed by atoms with Gasteiger partial charge in [0.2, 0.25) is 5.91 Å². The summed E-state index contributed by atoms with van der Waals surface area (Å²) in [5, 5.41) is 5.49. The first-order valence-electron chi connectivity index (χ1n) is 10.7. The fraction of sp³-hybridized carbons (Fsp3) is 0.478. The second-order valence-corrected chi connectivity index (χ2v) is 8.81. The predicted octanol–water partition coefficient (Wildman–Crippen LogP) is 3.71. The molecule has 1 fully saturated rings. The maximum absolute atomic E-state index is 12.8. The second-order valence-electron chi connectivity index (χ2n) is 7.81. The number of halogens is 1. The molecular weight excluding hydrogens is 523 g/mol. The molecule has 1 unspecified atom stereocenters. The number of likely N-dealkylation sites (tertiary alicyclic amines) is 1. The standard InChI is InChI=1S/C23H30N4O2S.HI/c1-3-24-23(25-14-22(28)26-12-9-21-19(16-26)10-13-30-21)27-11-8-18(15-27)17-4-6-20(29-2)7-5-17;/h4-7,10,13,18H,3,8-9,11-12,14-16H2,1-2H3,(H,24,25);1H. The number of methoxy groups -OCH3 is 1. The number of carbonyl (C=O) groups is 1. The first-order valence-corrected chi connectivity index (χ1v) is 11.6. The Balaban J connectivity index is 0.00000272. The Kier molecular flexibility index (Phi) is 8.59. The van der Waals surface area contributed by atoms with Crippen LogP contribution in [-0.4, -0.2) is 61.5 Å². The van der Waals surface area contributed by atoms with Crippen LogP contribution in [-0.2, 0) is 17.8 Å². The molecule has 2 aromatic rings. The highest BCUT2D eigenvalue weighted by Crippen LogP contribution is 2.28. The van der Waals surface area contributed by atoms with Gasteiger partial charge in [-0.2, -0.15) is 0 Å². The molecular formula is C23H31IN4O2S. The van der Waals surface area contributed by atoms with Gasteiger partial charge in [0, 0.05) is 43.5 Å². The van der Waals surface area contributed by atoms with Crippen LogP contribution in [0, 0.1) is 0 Å². The molecule has 0 spiro atoms. The minimum atomic E-state index is 0. The molecule has 1 amide bonds. The Labute approximate surface area is 205 Å². The number of carbonyl (C=O) groups excluding carboxylic acids is 1. The number of nitrogens with zero attached hydrogens (tertiary/aromatic N) is 3. The monoisotopic (exact) mass is 554 g/mol. The highest BCUT2D eigenvalue weighted by molar-refractivity contribution is 14.0. The van der Waals surface area contributed by atoms with Crippen LogP contribution in [0.4, 0.5) is 0 Å². The van der Waals surface area contributed by atoms with Gasteiger partial charge in [-0.3, -0.25) is 4.79 Å². The fourth-order valence-corrected chi connectivity index (χ4v) is 5.12. The van der Waals surface area contributed by atoms with Crippen LogP contribution >= 0.6 is 35.3 Å². The molecule has 3 heterocycles. The van der Waals surface area contributed by atoms with Crippen LogP contribution in [0.15, 0.2) is 40.7 Å². The zero-order chi connectivity index (χ0) is 20.9. The Hall–Kier alpha value is -1.81. The minimum Gasteiger partial charge on any atom is -0.497 e. The molecule has 6 nitrogen and oxygen atoms in total. The van der Waals surface area contributed by atoms with Crippen LogP contribution in [0.5, 0.6) is 5.75 Å². The molecule has 0 aliphatic carbocycles. The van der Waals surface area contributed by atoms with Gasteiger partial charge in [-0.15, -0.1) is 35.3 Å². The zero-order valence-electron chi connectivity index (χ0n) is 18.2. The van der Waals surface area contributed by atoms with Crippen LogP contribution < -0.4 is 10.1 Å². The Morgan fingerprint density at radius 2 is 2.03 bits per heavy atom. The number of rotatable bonds is 5. The van der Waals surface area contributed by atoms with E-state index in [1.54, 1.807) is 18.4 Å². The van der Waals surface area contributed by atoms with Crippen molar-refractivity contribution in [3.8, 4) is 5.75 Å². The number of fused-ring (bicyclic) bond motifs is 1. The lowest BCUT2D eigenvalue weighted by Crippen LogP contribution is -2.42. The Morgan fingerprint density at radius 3 is 2.77 bits per heavy atom. The summed E-state index contributed by atoms with van der Waals surface area (Å²) in [7, 11) is 1.69. The molecule has 1 N–H and O–H groups in total. The number of nitrogens with one attached hydrogen (secondary N) is 1. The van der Waals surface area contributed by atoms with E-state index in [0.717, 1.165) is 50.7 Å². The SMILES string of the molecule is CCNC(=NCC(=O)N1CCc2sccc2C1)N1CCC(c2ccc(OC)cc2)C1.I. The highest BCUT2D eigenvalue weighted by atomic mass is 127. The van der Waals surface area contributed by atoms with Crippen molar-refractivity contribution in [2.24, 2.45) is 4.99 Å². The lowest BCUT2D eigenvalue weighted by atomic mass is 9.98. The molecule has 1 aromatic carbocycles. The fourth-order valence-electron chi connectivity index (χ4n) is 4.23. The number of guanidine groups is 1. The van der Waals surface area contributed by atoms with E-state index in [2.05, 4.69) is 40.7 Å². The summed E-state index contributed by atoms with van der Waals surface area (Å²) in [6.07, 6.45) is 2.04. The highest BCUT2D eigenvalue weighted by Gasteiger charge is 2.27. The van der Waals surface area contributed by atoms with Crippen molar-refractivity contribution in [3.05, 3.63) is 51.7 Å². The number of aliphatic imine (C=N–C) groups is 1. The average molecular weight is 554 g/mol. The van der Waals surface area contributed by atoms with Crippen LogP contribution in [0.1, 0.15) is 35.3 Å². The van der Waals surface area contributed by atoms with Crippen LogP contribution in [0.2, 0.25) is 0 Å². The van der Waals surface area contributed by atoms with Gasteiger partial charge in [0.05, 0.1) is 7.11 Å². The number of thiophene rings is 1. The van der Waals surface area contributed by atoms with Crippen molar-refractivity contribution in [1.82, 2.24) is 15.1 Å². The molecule has 0 bridgehead atoms. The van der Waals surface area contributed by atoms with Gasteiger partial charge in [-0.25, -0.2) is 4.99 Å².